The van der Waals surface area contributed by atoms with Crippen molar-refractivity contribution in [1.82, 2.24) is 0 Å². The topological polar surface area (TPSA) is 0 Å². The van der Waals surface area contributed by atoms with Gasteiger partial charge in [-0.3, -0.25) is 0 Å². The van der Waals surface area contributed by atoms with Crippen molar-refractivity contribution >= 4 is 11.8 Å². The number of hydrogen-bond donors (Lipinski definition) is 0. The van der Waals surface area contributed by atoms with Crippen molar-refractivity contribution < 1.29 is 0 Å². The molecule has 1 saturated carbocycles. The molecule has 0 saturated heterocycles. The lowest BCUT2D eigenvalue weighted by Gasteiger charge is -2.40. The SMILES string of the molecule is CCCCCC(C)C1CCCC(C)C1CCSCC. The van der Waals surface area contributed by atoms with Crippen LogP contribution in [0.5, 0.6) is 0 Å². The molecule has 0 aromatic carbocycles. The van der Waals surface area contributed by atoms with Crippen LogP contribution in [-0.4, -0.2) is 11.5 Å². The van der Waals surface area contributed by atoms with Gasteiger partial charge in [-0.25, -0.2) is 0 Å². The number of thioether (sulfide) groups is 1. The Morgan fingerprint density at radius 1 is 1.16 bits per heavy atom. The van der Waals surface area contributed by atoms with Gasteiger partial charge in [-0.15, -0.1) is 0 Å². The Hall–Kier alpha value is 0.350. The monoisotopic (exact) mass is 284 g/mol. The molecule has 1 rings (SSSR count). The van der Waals surface area contributed by atoms with Gasteiger partial charge in [-0.05, 0) is 48.0 Å². The smallest absolute Gasteiger partial charge is 0.00648 e. The van der Waals surface area contributed by atoms with E-state index >= 15 is 0 Å². The Morgan fingerprint density at radius 2 is 1.95 bits per heavy atom. The van der Waals surface area contributed by atoms with Gasteiger partial charge in [-0.1, -0.05) is 66.2 Å². The summed E-state index contributed by atoms with van der Waals surface area (Å²) in [5.41, 5.74) is 0. The van der Waals surface area contributed by atoms with E-state index in [2.05, 4.69) is 39.5 Å². The lowest BCUT2D eigenvalue weighted by molar-refractivity contribution is 0.108. The van der Waals surface area contributed by atoms with E-state index in [9.17, 15) is 0 Å². The first-order valence-electron chi connectivity index (χ1n) is 8.78. The van der Waals surface area contributed by atoms with Crippen molar-refractivity contribution in [2.75, 3.05) is 11.5 Å². The minimum atomic E-state index is 0.964. The number of unbranched alkanes of at least 4 members (excludes halogenated alkanes) is 2. The molecule has 0 heterocycles. The zero-order chi connectivity index (χ0) is 14.1. The van der Waals surface area contributed by atoms with Crippen LogP contribution < -0.4 is 0 Å². The molecule has 0 spiro atoms. The third-order valence-electron chi connectivity index (χ3n) is 5.27. The van der Waals surface area contributed by atoms with Gasteiger partial charge in [0, 0.05) is 0 Å². The number of hydrogen-bond acceptors (Lipinski definition) is 1. The zero-order valence-corrected chi connectivity index (χ0v) is 14.6. The van der Waals surface area contributed by atoms with E-state index in [-0.39, 0.29) is 0 Å². The third kappa shape index (κ3) is 6.10. The molecule has 1 heteroatoms. The van der Waals surface area contributed by atoms with Crippen LogP contribution in [0.1, 0.15) is 79.1 Å². The standard InChI is InChI=1S/C18H36S/c1-5-7-8-10-15(3)17-12-9-11-16(4)18(17)13-14-19-6-2/h15-18H,5-14H2,1-4H3. The van der Waals surface area contributed by atoms with E-state index in [1.54, 1.807) is 0 Å². The van der Waals surface area contributed by atoms with Crippen LogP contribution in [0, 0.1) is 23.7 Å². The molecule has 1 fully saturated rings. The summed E-state index contributed by atoms with van der Waals surface area (Å²) in [6.07, 6.45) is 11.7. The lowest BCUT2D eigenvalue weighted by atomic mass is 9.66. The second kappa shape index (κ2) is 10.1. The maximum absolute atomic E-state index is 2.54. The van der Waals surface area contributed by atoms with Crippen LogP contribution in [0.25, 0.3) is 0 Å². The highest BCUT2D eigenvalue weighted by Gasteiger charge is 2.33. The molecule has 0 amide bonds. The highest BCUT2D eigenvalue weighted by Crippen LogP contribution is 2.42. The van der Waals surface area contributed by atoms with Crippen LogP contribution in [-0.2, 0) is 0 Å². The lowest BCUT2D eigenvalue weighted by Crippen LogP contribution is -2.31. The molecule has 0 nitrogen and oxygen atoms in total. The van der Waals surface area contributed by atoms with Crippen LogP contribution >= 0.6 is 11.8 Å². The fourth-order valence-corrected chi connectivity index (χ4v) is 4.75. The molecule has 114 valence electrons. The first-order valence-corrected chi connectivity index (χ1v) is 9.93. The Morgan fingerprint density at radius 3 is 2.63 bits per heavy atom. The summed E-state index contributed by atoms with van der Waals surface area (Å²) < 4.78 is 0. The maximum atomic E-state index is 2.54. The Bertz CT molecular complexity index is 214. The van der Waals surface area contributed by atoms with Gasteiger partial charge in [0.2, 0.25) is 0 Å². The molecule has 0 N–H and O–H groups in total. The second-order valence-electron chi connectivity index (χ2n) is 6.69. The van der Waals surface area contributed by atoms with Gasteiger partial charge in [0.15, 0.2) is 0 Å². The summed E-state index contributed by atoms with van der Waals surface area (Å²) in [5.74, 6) is 6.67. The molecule has 1 aliphatic rings. The highest BCUT2D eigenvalue weighted by atomic mass is 32.2. The summed E-state index contributed by atoms with van der Waals surface area (Å²) in [6.45, 7) is 9.67. The Balaban J connectivity index is 2.45. The van der Waals surface area contributed by atoms with E-state index in [0.29, 0.717) is 0 Å². The van der Waals surface area contributed by atoms with E-state index in [1.165, 1.54) is 62.9 Å². The quantitative estimate of drug-likeness (QED) is 0.441. The summed E-state index contributed by atoms with van der Waals surface area (Å²) >= 11 is 2.14. The highest BCUT2D eigenvalue weighted by molar-refractivity contribution is 7.99. The normalized spacial score (nSPS) is 29.4. The molecule has 4 atom stereocenters. The average molecular weight is 285 g/mol. The zero-order valence-electron chi connectivity index (χ0n) is 13.8. The summed E-state index contributed by atoms with van der Waals surface area (Å²) in [5, 5.41) is 0. The predicted molar refractivity (Wildman–Crippen MR) is 90.9 cm³/mol. The minimum Gasteiger partial charge on any atom is -0.162 e. The molecule has 0 bridgehead atoms. The van der Waals surface area contributed by atoms with Gasteiger partial charge in [-0.2, -0.15) is 11.8 Å². The van der Waals surface area contributed by atoms with Crippen LogP contribution in [0.4, 0.5) is 0 Å². The summed E-state index contributed by atoms with van der Waals surface area (Å²) in [6, 6.07) is 0. The first-order chi connectivity index (χ1) is 9.20. The van der Waals surface area contributed by atoms with E-state index in [1.807, 2.05) is 0 Å². The van der Waals surface area contributed by atoms with Crippen molar-refractivity contribution in [3.05, 3.63) is 0 Å². The van der Waals surface area contributed by atoms with Gasteiger partial charge in [0.05, 0.1) is 0 Å². The molecule has 0 aromatic heterocycles. The van der Waals surface area contributed by atoms with Gasteiger partial charge < -0.3 is 0 Å². The first kappa shape index (κ1) is 17.4. The summed E-state index contributed by atoms with van der Waals surface area (Å²) in [7, 11) is 0. The van der Waals surface area contributed by atoms with Crippen molar-refractivity contribution in [2.45, 2.75) is 79.1 Å². The fourth-order valence-electron chi connectivity index (χ4n) is 4.02. The van der Waals surface area contributed by atoms with Gasteiger partial charge in [0.25, 0.3) is 0 Å². The predicted octanol–water partition coefficient (Wildman–Crippen LogP) is 6.40. The molecule has 19 heavy (non-hydrogen) atoms. The minimum absolute atomic E-state index is 0.964. The van der Waals surface area contributed by atoms with Crippen molar-refractivity contribution in [3.63, 3.8) is 0 Å². The van der Waals surface area contributed by atoms with E-state index in [4.69, 9.17) is 0 Å². The molecule has 1 aliphatic carbocycles. The van der Waals surface area contributed by atoms with Gasteiger partial charge in [0.1, 0.15) is 0 Å². The number of rotatable bonds is 9. The van der Waals surface area contributed by atoms with Gasteiger partial charge >= 0.3 is 0 Å². The van der Waals surface area contributed by atoms with Crippen molar-refractivity contribution in [1.29, 1.82) is 0 Å². The maximum Gasteiger partial charge on any atom is -0.00648 e. The molecule has 0 aromatic rings. The second-order valence-corrected chi connectivity index (χ2v) is 8.09. The molecular formula is C18H36S. The average Bonchev–Trinajstić information content (AvgIpc) is 2.41. The van der Waals surface area contributed by atoms with Crippen LogP contribution in [0.2, 0.25) is 0 Å². The Kier molecular flexibility index (Phi) is 9.28. The molecule has 0 aliphatic heterocycles. The summed E-state index contributed by atoms with van der Waals surface area (Å²) in [4.78, 5) is 0. The Labute approximate surface area is 126 Å². The molecule has 4 unspecified atom stereocenters. The van der Waals surface area contributed by atoms with Crippen LogP contribution in [0.3, 0.4) is 0 Å². The van der Waals surface area contributed by atoms with Crippen molar-refractivity contribution in [3.8, 4) is 0 Å². The van der Waals surface area contributed by atoms with E-state index < -0.39 is 0 Å². The van der Waals surface area contributed by atoms with E-state index in [0.717, 1.165) is 23.7 Å². The molecular weight excluding hydrogens is 248 g/mol. The largest absolute Gasteiger partial charge is 0.162 e. The third-order valence-corrected chi connectivity index (χ3v) is 6.20. The van der Waals surface area contributed by atoms with Crippen LogP contribution in [0.15, 0.2) is 0 Å². The fraction of sp³-hybridized carbons (Fsp3) is 1.00. The van der Waals surface area contributed by atoms with Crippen molar-refractivity contribution in [2.24, 2.45) is 23.7 Å². The molecule has 0 radical (unpaired) electrons.